The van der Waals surface area contributed by atoms with Crippen molar-refractivity contribution >= 4 is 51.4 Å². The molecule has 0 radical (unpaired) electrons. The van der Waals surface area contributed by atoms with Crippen molar-refractivity contribution in [1.82, 2.24) is 10.6 Å². The number of sulfone groups is 1. The van der Waals surface area contributed by atoms with Crippen molar-refractivity contribution in [1.29, 1.82) is 0 Å². The molecule has 0 aliphatic heterocycles. The van der Waals surface area contributed by atoms with Crippen LogP contribution >= 0.6 is 35.6 Å². The summed E-state index contributed by atoms with van der Waals surface area (Å²) in [5.74, 6) is 0.725. The highest BCUT2D eigenvalue weighted by Gasteiger charge is 2.21. The van der Waals surface area contributed by atoms with Crippen LogP contribution in [0.2, 0.25) is 5.02 Å². The Balaban J connectivity index is 0.00000420. The molecule has 29 heavy (non-hydrogen) atoms. The van der Waals surface area contributed by atoms with E-state index in [9.17, 15) is 8.42 Å². The number of nitrogens with zero attached hydrogens (tertiary/aromatic N) is 1. The molecule has 160 valence electrons. The van der Waals surface area contributed by atoms with Gasteiger partial charge in [0.25, 0.3) is 0 Å². The first-order valence-electron chi connectivity index (χ1n) is 9.11. The van der Waals surface area contributed by atoms with E-state index in [0.29, 0.717) is 18.0 Å². The maximum atomic E-state index is 11.5. The number of halogens is 2. The van der Waals surface area contributed by atoms with Gasteiger partial charge in [-0.2, -0.15) is 0 Å². The van der Waals surface area contributed by atoms with Crippen molar-refractivity contribution < 1.29 is 8.42 Å². The number of hydrogen-bond donors (Lipinski definition) is 2. The summed E-state index contributed by atoms with van der Waals surface area (Å²) in [6.07, 6.45) is 1.98. The molecule has 0 bridgehead atoms. The Morgan fingerprint density at radius 1 is 1.10 bits per heavy atom. The number of hydrogen-bond acceptors (Lipinski definition) is 3. The van der Waals surface area contributed by atoms with Crippen LogP contribution in [0.1, 0.15) is 25.0 Å². The van der Waals surface area contributed by atoms with E-state index in [2.05, 4.69) is 35.5 Å². The maximum Gasteiger partial charge on any atom is 0.191 e. The summed E-state index contributed by atoms with van der Waals surface area (Å²) in [5.41, 5.74) is 2.12. The van der Waals surface area contributed by atoms with Gasteiger partial charge in [0.15, 0.2) is 15.8 Å². The van der Waals surface area contributed by atoms with Crippen LogP contribution in [0.3, 0.4) is 0 Å². The summed E-state index contributed by atoms with van der Waals surface area (Å²) < 4.78 is 23.0. The molecule has 0 aliphatic carbocycles. The lowest BCUT2D eigenvalue weighted by atomic mass is 9.84. The highest BCUT2D eigenvalue weighted by atomic mass is 127. The van der Waals surface area contributed by atoms with E-state index >= 15 is 0 Å². The smallest absolute Gasteiger partial charge is 0.191 e. The molecule has 0 spiro atoms. The van der Waals surface area contributed by atoms with Crippen LogP contribution in [0.15, 0.2) is 58.4 Å². The van der Waals surface area contributed by atoms with Gasteiger partial charge in [-0.1, -0.05) is 49.7 Å². The van der Waals surface area contributed by atoms with Crippen LogP contribution < -0.4 is 10.6 Å². The zero-order valence-corrected chi connectivity index (χ0v) is 21.1. The molecule has 5 nitrogen and oxygen atoms in total. The molecule has 0 aromatic heterocycles. The topological polar surface area (TPSA) is 70.6 Å². The molecule has 0 atom stereocenters. The zero-order valence-electron chi connectivity index (χ0n) is 17.2. The van der Waals surface area contributed by atoms with E-state index < -0.39 is 9.84 Å². The predicted octanol–water partition coefficient (Wildman–Crippen LogP) is 4.05. The Hall–Kier alpha value is -1.32. The summed E-state index contributed by atoms with van der Waals surface area (Å²) in [6, 6.07) is 14.9. The Bertz CT molecular complexity index is 929. The molecule has 2 aromatic rings. The Morgan fingerprint density at radius 2 is 1.76 bits per heavy atom. The van der Waals surface area contributed by atoms with E-state index in [1.165, 1.54) is 6.26 Å². The van der Waals surface area contributed by atoms with E-state index in [0.717, 1.165) is 28.5 Å². The lowest BCUT2D eigenvalue weighted by molar-refractivity contribution is 0.509. The maximum absolute atomic E-state index is 11.5. The number of benzene rings is 2. The summed E-state index contributed by atoms with van der Waals surface area (Å²) in [6.45, 7) is 5.70. The van der Waals surface area contributed by atoms with Gasteiger partial charge in [0.2, 0.25) is 0 Å². The molecule has 0 unspecified atom stereocenters. The highest BCUT2D eigenvalue weighted by Crippen LogP contribution is 2.24. The molecular weight excluding hydrogens is 521 g/mol. The molecule has 0 aliphatic rings. The minimum atomic E-state index is -3.16. The van der Waals surface area contributed by atoms with Gasteiger partial charge in [0, 0.05) is 36.8 Å². The predicted molar refractivity (Wildman–Crippen MR) is 133 cm³/mol. The van der Waals surface area contributed by atoms with Crippen molar-refractivity contribution in [2.24, 2.45) is 4.99 Å². The number of guanidine groups is 1. The van der Waals surface area contributed by atoms with Crippen LogP contribution in [-0.4, -0.2) is 40.8 Å². The van der Waals surface area contributed by atoms with Crippen LogP contribution in [-0.2, 0) is 21.7 Å². The average molecular weight is 550 g/mol. The van der Waals surface area contributed by atoms with Crippen LogP contribution in [0.4, 0.5) is 0 Å². The number of aliphatic imine (C=N–C) groups is 1. The van der Waals surface area contributed by atoms with Gasteiger partial charge in [0.1, 0.15) is 0 Å². The lowest BCUT2D eigenvalue weighted by Gasteiger charge is -2.27. The quantitative estimate of drug-likeness (QED) is 0.311. The third-order valence-corrected chi connectivity index (χ3v) is 5.95. The summed E-state index contributed by atoms with van der Waals surface area (Å²) >= 11 is 6.11. The molecule has 0 heterocycles. The SMILES string of the molecule is CN=C(NCCc1ccc(S(C)(=O)=O)cc1)NCC(C)(C)c1cccc(Cl)c1.I. The van der Waals surface area contributed by atoms with Crippen molar-refractivity contribution in [2.75, 3.05) is 26.4 Å². The van der Waals surface area contributed by atoms with Gasteiger partial charge in [-0.3, -0.25) is 4.99 Å². The van der Waals surface area contributed by atoms with Crippen LogP contribution in [0, 0.1) is 0 Å². The first-order chi connectivity index (χ1) is 13.1. The van der Waals surface area contributed by atoms with E-state index in [-0.39, 0.29) is 29.4 Å². The molecule has 2 N–H and O–H groups in total. The van der Waals surface area contributed by atoms with Crippen LogP contribution in [0.5, 0.6) is 0 Å². The van der Waals surface area contributed by atoms with Gasteiger partial charge < -0.3 is 10.6 Å². The van der Waals surface area contributed by atoms with Gasteiger partial charge in [0.05, 0.1) is 4.90 Å². The fourth-order valence-corrected chi connectivity index (χ4v) is 3.59. The van der Waals surface area contributed by atoms with Gasteiger partial charge in [-0.25, -0.2) is 8.42 Å². The largest absolute Gasteiger partial charge is 0.356 e. The fraction of sp³-hybridized carbons (Fsp3) is 0.381. The zero-order chi connectivity index (χ0) is 20.8. The molecular formula is C21H29ClIN3O2S. The van der Waals surface area contributed by atoms with Crippen LogP contribution in [0.25, 0.3) is 0 Å². The van der Waals surface area contributed by atoms with Crippen molar-refractivity contribution in [3.63, 3.8) is 0 Å². The summed E-state index contributed by atoms with van der Waals surface area (Å²) in [4.78, 5) is 4.61. The third-order valence-electron chi connectivity index (χ3n) is 4.59. The first-order valence-corrected chi connectivity index (χ1v) is 11.4. The Labute approximate surface area is 196 Å². The molecule has 0 saturated heterocycles. The average Bonchev–Trinajstić information content (AvgIpc) is 2.64. The lowest BCUT2D eigenvalue weighted by Crippen LogP contribution is -2.44. The number of rotatable bonds is 7. The minimum absolute atomic E-state index is 0. The molecule has 0 amide bonds. The molecule has 2 aromatic carbocycles. The summed E-state index contributed by atoms with van der Waals surface area (Å²) in [7, 11) is -1.42. The standard InChI is InChI=1S/C21H28ClN3O2S.HI/c1-21(2,17-6-5-7-18(22)14-17)15-25-20(23-3)24-13-12-16-8-10-19(11-9-16)28(4,26)27;/h5-11,14H,12-13,15H2,1-4H3,(H2,23,24,25);1H. The van der Waals surface area contributed by atoms with Crippen molar-refractivity contribution in [3.05, 3.63) is 64.7 Å². The van der Waals surface area contributed by atoms with E-state index in [1.807, 2.05) is 30.3 Å². The molecule has 8 heteroatoms. The first kappa shape index (κ1) is 25.7. The van der Waals surface area contributed by atoms with Gasteiger partial charge in [-0.15, -0.1) is 24.0 Å². The fourth-order valence-electron chi connectivity index (χ4n) is 2.77. The summed E-state index contributed by atoms with van der Waals surface area (Å²) in [5, 5.41) is 7.38. The molecule has 2 rings (SSSR count). The molecule has 0 saturated carbocycles. The molecule has 0 fully saturated rings. The Morgan fingerprint density at radius 3 is 2.31 bits per heavy atom. The van der Waals surface area contributed by atoms with Crippen molar-refractivity contribution in [2.45, 2.75) is 30.6 Å². The van der Waals surface area contributed by atoms with E-state index in [1.54, 1.807) is 19.2 Å². The third kappa shape index (κ3) is 8.14. The monoisotopic (exact) mass is 549 g/mol. The minimum Gasteiger partial charge on any atom is -0.356 e. The highest BCUT2D eigenvalue weighted by molar-refractivity contribution is 14.0. The second-order valence-electron chi connectivity index (χ2n) is 7.41. The van der Waals surface area contributed by atoms with E-state index in [4.69, 9.17) is 11.6 Å². The number of nitrogens with one attached hydrogen (secondary N) is 2. The van der Waals surface area contributed by atoms with Crippen molar-refractivity contribution in [3.8, 4) is 0 Å². The van der Waals surface area contributed by atoms with Gasteiger partial charge in [-0.05, 0) is 41.8 Å². The second-order valence-corrected chi connectivity index (χ2v) is 9.87. The Kier molecular flexibility index (Phi) is 9.91. The normalized spacial score (nSPS) is 12.2. The second kappa shape index (κ2) is 11.2. The van der Waals surface area contributed by atoms with Gasteiger partial charge >= 0.3 is 0 Å².